The van der Waals surface area contributed by atoms with Gasteiger partial charge in [0.1, 0.15) is 0 Å². The first-order valence-corrected chi connectivity index (χ1v) is 6.44. The van der Waals surface area contributed by atoms with E-state index < -0.39 is 6.10 Å². The van der Waals surface area contributed by atoms with Crippen LogP contribution < -0.4 is 5.73 Å². The molecule has 0 saturated carbocycles. The largest absolute Gasteiger partial charge is 0.389 e. The minimum Gasteiger partial charge on any atom is -0.389 e. The Morgan fingerprint density at radius 2 is 2.11 bits per heavy atom. The second kappa shape index (κ2) is 6.29. The van der Waals surface area contributed by atoms with E-state index in [0.717, 1.165) is 19.5 Å². The van der Waals surface area contributed by atoms with Crippen LogP contribution in [-0.2, 0) is 11.2 Å². The number of likely N-dealkylation sites (N-methyl/N-ethyl adjacent to an activating group) is 1. The first-order valence-electron chi connectivity index (χ1n) is 6.44. The molecule has 1 aliphatic rings. The molecular weight excluding hydrogens is 228 g/mol. The van der Waals surface area contributed by atoms with E-state index in [9.17, 15) is 5.11 Å². The maximum absolute atomic E-state index is 9.81. The number of ether oxygens (including phenoxy) is 1. The van der Waals surface area contributed by atoms with Gasteiger partial charge in [0.2, 0.25) is 0 Å². The average molecular weight is 250 g/mol. The Morgan fingerprint density at radius 3 is 2.72 bits per heavy atom. The molecule has 4 nitrogen and oxygen atoms in total. The third-order valence-electron chi connectivity index (χ3n) is 3.44. The number of hydrogen-bond acceptors (Lipinski definition) is 4. The molecule has 18 heavy (non-hydrogen) atoms. The third kappa shape index (κ3) is 3.53. The summed E-state index contributed by atoms with van der Waals surface area (Å²) < 4.78 is 5.48. The molecule has 1 saturated heterocycles. The van der Waals surface area contributed by atoms with E-state index in [2.05, 4.69) is 29.2 Å². The Hall–Kier alpha value is -0.940. The first kappa shape index (κ1) is 13.5. The van der Waals surface area contributed by atoms with E-state index in [1.54, 1.807) is 0 Å². The fourth-order valence-corrected chi connectivity index (χ4v) is 2.23. The molecule has 1 aliphatic heterocycles. The van der Waals surface area contributed by atoms with Crippen molar-refractivity contribution in [3.63, 3.8) is 0 Å². The monoisotopic (exact) mass is 250 g/mol. The minimum absolute atomic E-state index is 0.152. The highest BCUT2D eigenvalue weighted by Gasteiger charge is 2.33. The van der Waals surface area contributed by atoms with Gasteiger partial charge in [-0.2, -0.15) is 0 Å². The van der Waals surface area contributed by atoms with Crippen LogP contribution in [0.2, 0.25) is 0 Å². The minimum atomic E-state index is -0.538. The predicted molar refractivity (Wildman–Crippen MR) is 71.4 cm³/mol. The van der Waals surface area contributed by atoms with Crippen LogP contribution in [0, 0.1) is 0 Å². The Kier molecular flexibility index (Phi) is 4.72. The molecule has 0 aromatic heterocycles. The summed E-state index contributed by atoms with van der Waals surface area (Å²) in [6.45, 7) is 2.13. The van der Waals surface area contributed by atoms with Gasteiger partial charge in [0.15, 0.2) is 0 Å². The van der Waals surface area contributed by atoms with Crippen molar-refractivity contribution in [3.8, 4) is 0 Å². The van der Waals surface area contributed by atoms with Crippen molar-refractivity contribution in [2.24, 2.45) is 5.73 Å². The number of benzene rings is 1. The SMILES string of the molecule is CN(CCc1ccccc1)CC1OCC(N)C1O. The van der Waals surface area contributed by atoms with Gasteiger partial charge in [-0.3, -0.25) is 0 Å². The van der Waals surface area contributed by atoms with Gasteiger partial charge in [-0.25, -0.2) is 0 Å². The molecular formula is C14H22N2O2. The summed E-state index contributed by atoms with van der Waals surface area (Å²) in [6.07, 6.45) is 0.316. The van der Waals surface area contributed by atoms with Gasteiger partial charge >= 0.3 is 0 Å². The number of aliphatic hydroxyl groups is 1. The molecule has 2 rings (SSSR count). The predicted octanol–water partition coefficient (Wildman–Crippen LogP) is 0.248. The zero-order chi connectivity index (χ0) is 13.0. The summed E-state index contributed by atoms with van der Waals surface area (Å²) in [5, 5.41) is 9.81. The van der Waals surface area contributed by atoms with E-state index in [0.29, 0.717) is 6.61 Å². The molecule has 100 valence electrons. The number of hydrogen-bond donors (Lipinski definition) is 2. The van der Waals surface area contributed by atoms with E-state index in [1.807, 2.05) is 13.1 Å². The lowest BCUT2D eigenvalue weighted by Crippen LogP contribution is -2.41. The summed E-state index contributed by atoms with van der Waals surface area (Å²) in [5.74, 6) is 0. The molecule has 0 bridgehead atoms. The second-order valence-corrected chi connectivity index (χ2v) is 5.02. The van der Waals surface area contributed by atoms with Gasteiger partial charge in [-0.15, -0.1) is 0 Å². The molecule has 3 unspecified atom stereocenters. The third-order valence-corrected chi connectivity index (χ3v) is 3.44. The molecule has 4 heteroatoms. The van der Waals surface area contributed by atoms with Crippen LogP contribution in [0.15, 0.2) is 30.3 Å². The van der Waals surface area contributed by atoms with Crippen LogP contribution in [0.4, 0.5) is 0 Å². The van der Waals surface area contributed by atoms with Crippen molar-refractivity contribution in [1.82, 2.24) is 4.90 Å². The molecule has 3 N–H and O–H groups in total. The topological polar surface area (TPSA) is 58.7 Å². The van der Waals surface area contributed by atoms with Gasteiger partial charge in [-0.05, 0) is 19.0 Å². The highest BCUT2D eigenvalue weighted by molar-refractivity contribution is 5.14. The van der Waals surface area contributed by atoms with E-state index in [1.165, 1.54) is 5.56 Å². The Balaban J connectivity index is 1.74. The average Bonchev–Trinajstić information content (AvgIpc) is 2.70. The lowest BCUT2D eigenvalue weighted by molar-refractivity contribution is 0.0210. The van der Waals surface area contributed by atoms with Gasteiger partial charge in [-0.1, -0.05) is 30.3 Å². The summed E-state index contributed by atoms with van der Waals surface area (Å²) in [5.41, 5.74) is 7.04. The maximum atomic E-state index is 9.81. The van der Waals surface area contributed by atoms with Crippen molar-refractivity contribution in [2.75, 3.05) is 26.7 Å². The Bertz CT molecular complexity index is 358. The quantitative estimate of drug-likeness (QED) is 0.786. The highest BCUT2D eigenvalue weighted by Crippen LogP contribution is 2.13. The van der Waals surface area contributed by atoms with Gasteiger partial charge in [0, 0.05) is 13.1 Å². The van der Waals surface area contributed by atoms with Crippen LogP contribution in [0.5, 0.6) is 0 Å². The second-order valence-electron chi connectivity index (χ2n) is 5.02. The van der Waals surface area contributed by atoms with Crippen LogP contribution in [0.1, 0.15) is 5.56 Å². The lowest BCUT2D eigenvalue weighted by atomic mass is 10.1. The number of aliphatic hydroxyl groups excluding tert-OH is 1. The van der Waals surface area contributed by atoms with Crippen molar-refractivity contribution in [1.29, 1.82) is 0 Å². The van der Waals surface area contributed by atoms with Gasteiger partial charge < -0.3 is 20.5 Å². The molecule has 3 atom stereocenters. The number of nitrogens with two attached hydrogens (primary N) is 1. The molecule has 1 aromatic carbocycles. The fraction of sp³-hybridized carbons (Fsp3) is 0.571. The van der Waals surface area contributed by atoms with Crippen LogP contribution in [0.3, 0.4) is 0 Å². The number of nitrogens with zero attached hydrogens (tertiary/aromatic N) is 1. The summed E-state index contributed by atoms with van der Waals surface area (Å²) >= 11 is 0. The van der Waals surface area contributed by atoms with Crippen molar-refractivity contribution in [2.45, 2.75) is 24.7 Å². The van der Waals surface area contributed by atoms with Crippen molar-refractivity contribution in [3.05, 3.63) is 35.9 Å². The smallest absolute Gasteiger partial charge is 0.0987 e. The van der Waals surface area contributed by atoms with Crippen molar-refractivity contribution < 1.29 is 9.84 Å². The van der Waals surface area contributed by atoms with E-state index in [4.69, 9.17) is 10.5 Å². The summed E-state index contributed by atoms with van der Waals surface area (Å²) in [6, 6.07) is 10.2. The van der Waals surface area contributed by atoms with Crippen LogP contribution in [-0.4, -0.2) is 55.0 Å². The van der Waals surface area contributed by atoms with Crippen LogP contribution in [0.25, 0.3) is 0 Å². The van der Waals surface area contributed by atoms with Gasteiger partial charge in [0.25, 0.3) is 0 Å². The Labute approximate surface area is 108 Å². The molecule has 0 aliphatic carbocycles. The zero-order valence-corrected chi connectivity index (χ0v) is 10.8. The highest BCUT2D eigenvalue weighted by atomic mass is 16.5. The van der Waals surface area contributed by atoms with Crippen molar-refractivity contribution >= 4 is 0 Å². The summed E-state index contributed by atoms with van der Waals surface area (Å²) in [4.78, 5) is 2.18. The van der Waals surface area contributed by atoms with E-state index >= 15 is 0 Å². The standard InChI is InChI=1S/C14H22N2O2/c1-16(8-7-11-5-3-2-4-6-11)9-13-14(17)12(15)10-18-13/h2-6,12-14,17H,7-10,15H2,1H3. The zero-order valence-electron chi connectivity index (χ0n) is 10.8. The molecule has 0 amide bonds. The van der Waals surface area contributed by atoms with Crippen LogP contribution >= 0.6 is 0 Å². The Morgan fingerprint density at radius 1 is 1.39 bits per heavy atom. The maximum Gasteiger partial charge on any atom is 0.0987 e. The van der Waals surface area contributed by atoms with E-state index in [-0.39, 0.29) is 12.1 Å². The number of rotatable bonds is 5. The fourth-order valence-electron chi connectivity index (χ4n) is 2.23. The first-order chi connectivity index (χ1) is 8.66. The normalized spacial score (nSPS) is 27.9. The molecule has 1 fully saturated rings. The lowest BCUT2D eigenvalue weighted by Gasteiger charge is -2.22. The molecule has 1 aromatic rings. The van der Waals surface area contributed by atoms with Gasteiger partial charge in [0.05, 0.1) is 24.9 Å². The molecule has 0 radical (unpaired) electrons. The molecule has 0 spiro atoms. The summed E-state index contributed by atoms with van der Waals surface area (Å²) in [7, 11) is 2.04. The molecule has 1 heterocycles.